The van der Waals surface area contributed by atoms with E-state index >= 15 is 0 Å². The summed E-state index contributed by atoms with van der Waals surface area (Å²) in [6.07, 6.45) is 6.83. The molecule has 1 aromatic carbocycles. The van der Waals surface area contributed by atoms with E-state index in [-0.39, 0.29) is 0 Å². The van der Waals surface area contributed by atoms with Crippen LogP contribution in [-0.4, -0.2) is 19.8 Å². The first-order valence-electron chi connectivity index (χ1n) is 6.64. The summed E-state index contributed by atoms with van der Waals surface area (Å²) in [5, 5.41) is 3.39. The molecule has 0 aliphatic heterocycles. The van der Waals surface area contributed by atoms with Crippen molar-refractivity contribution in [2.24, 2.45) is 0 Å². The van der Waals surface area contributed by atoms with E-state index in [0.29, 0.717) is 12.6 Å². The van der Waals surface area contributed by atoms with Crippen LogP contribution in [0.2, 0.25) is 0 Å². The number of unbranched alkanes of at least 4 members (excludes halogenated alkanes) is 1. The first-order chi connectivity index (χ1) is 9.17. The van der Waals surface area contributed by atoms with Gasteiger partial charge in [0.1, 0.15) is 11.5 Å². The van der Waals surface area contributed by atoms with Crippen molar-refractivity contribution in [2.75, 3.05) is 13.7 Å². The van der Waals surface area contributed by atoms with Gasteiger partial charge in [0.05, 0.1) is 13.7 Å². The van der Waals surface area contributed by atoms with Crippen LogP contribution in [-0.2, 0) is 6.54 Å². The van der Waals surface area contributed by atoms with Crippen LogP contribution in [0.3, 0.4) is 0 Å². The first-order valence-corrected chi connectivity index (χ1v) is 6.64. The quantitative estimate of drug-likeness (QED) is 0.576. The van der Waals surface area contributed by atoms with Crippen LogP contribution in [0.15, 0.2) is 18.2 Å². The van der Waals surface area contributed by atoms with Gasteiger partial charge in [0.2, 0.25) is 0 Å². The Bertz CT molecular complexity index is 421. The maximum Gasteiger partial charge on any atom is 0.127 e. The maximum absolute atomic E-state index is 5.80. The van der Waals surface area contributed by atoms with Gasteiger partial charge in [-0.05, 0) is 12.5 Å². The summed E-state index contributed by atoms with van der Waals surface area (Å²) < 4.78 is 11.0. The molecular weight excluding hydrogens is 238 g/mol. The summed E-state index contributed by atoms with van der Waals surface area (Å²) in [5.41, 5.74) is 1.13. The van der Waals surface area contributed by atoms with Crippen molar-refractivity contribution in [3.63, 3.8) is 0 Å². The molecule has 0 radical (unpaired) electrons. The van der Waals surface area contributed by atoms with Crippen molar-refractivity contribution in [1.82, 2.24) is 5.32 Å². The van der Waals surface area contributed by atoms with Crippen LogP contribution in [0.1, 0.15) is 32.3 Å². The molecule has 0 aliphatic carbocycles. The van der Waals surface area contributed by atoms with Crippen LogP contribution in [0.4, 0.5) is 0 Å². The monoisotopic (exact) mass is 261 g/mol. The zero-order valence-electron chi connectivity index (χ0n) is 12.0. The maximum atomic E-state index is 5.80. The molecule has 0 unspecified atom stereocenters. The fraction of sp³-hybridized carbons (Fsp3) is 0.500. The Kier molecular flexibility index (Phi) is 6.84. The van der Waals surface area contributed by atoms with Crippen molar-refractivity contribution in [3.8, 4) is 23.8 Å². The van der Waals surface area contributed by atoms with Gasteiger partial charge in [-0.1, -0.05) is 19.9 Å². The molecule has 1 N–H and O–H groups in total. The highest BCUT2D eigenvalue weighted by Crippen LogP contribution is 2.25. The molecule has 19 heavy (non-hydrogen) atoms. The van der Waals surface area contributed by atoms with E-state index < -0.39 is 0 Å². The number of methoxy groups -OCH3 is 1. The number of nitrogens with one attached hydrogen (secondary N) is 1. The lowest BCUT2D eigenvalue weighted by atomic mass is 10.1. The third-order valence-electron chi connectivity index (χ3n) is 2.70. The Labute approximate surface area is 116 Å². The molecule has 1 aromatic rings. The molecule has 0 saturated carbocycles. The van der Waals surface area contributed by atoms with Crippen LogP contribution in [0.25, 0.3) is 0 Å². The average Bonchev–Trinajstić information content (AvgIpc) is 2.41. The van der Waals surface area contributed by atoms with Gasteiger partial charge < -0.3 is 14.8 Å². The van der Waals surface area contributed by atoms with E-state index in [2.05, 4.69) is 25.1 Å². The predicted octanol–water partition coefficient (Wildman–Crippen LogP) is 2.99. The van der Waals surface area contributed by atoms with E-state index in [9.17, 15) is 0 Å². The van der Waals surface area contributed by atoms with E-state index in [0.717, 1.165) is 36.4 Å². The van der Waals surface area contributed by atoms with E-state index in [1.807, 2.05) is 18.2 Å². The standard InChI is InChI=1S/C16H23NO2/c1-5-6-7-10-19-16-11-15(18-4)9-8-14(16)12-17-13(2)3/h1,8-9,11,13,17H,6-7,10,12H2,2-4H3. The molecule has 0 saturated heterocycles. The third-order valence-corrected chi connectivity index (χ3v) is 2.70. The molecule has 0 bridgehead atoms. The largest absolute Gasteiger partial charge is 0.497 e. The van der Waals surface area contributed by atoms with Gasteiger partial charge in [-0.25, -0.2) is 0 Å². The second-order valence-corrected chi connectivity index (χ2v) is 4.67. The highest BCUT2D eigenvalue weighted by atomic mass is 16.5. The van der Waals surface area contributed by atoms with E-state index in [1.54, 1.807) is 7.11 Å². The smallest absolute Gasteiger partial charge is 0.127 e. The molecule has 0 aromatic heterocycles. The van der Waals surface area contributed by atoms with Gasteiger partial charge >= 0.3 is 0 Å². The Morgan fingerprint density at radius 3 is 2.79 bits per heavy atom. The lowest BCUT2D eigenvalue weighted by Gasteiger charge is -2.14. The van der Waals surface area contributed by atoms with Crippen molar-refractivity contribution in [1.29, 1.82) is 0 Å². The zero-order valence-corrected chi connectivity index (χ0v) is 12.0. The van der Waals surface area contributed by atoms with Crippen LogP contribution < -0.4 is 14.8 Å². The normalized spacial score (nSPS) is 10.3. The Balaban J connectivity index is 2.69. The Hall–Kier alpha value is -1.66. The van der Waals surface area contributed by atoms with Crippen molar-refractivity contribution in [2.45, 2.75) is 39.3 Å². The molecule has 0 heterocycles. The number of benzene rings is 1. The van der Waals surface area contributed by atoms with E-state index in [1.165, 1.54) is 0 Å². The lowest BCUT2D eigenvalue weighted by molar-refractivity contribution is 0.306. The number of terminal acetylenes is 1. The molecule has 0 atom stereocenters. The first kappa shape index (κ1) is 15.4. The molecular formula is C16H23NO2. The highest BCUT2D eigenvalue weighted by Gasteiger charge is 2.06. The van der Waals surface area contributed by atoms with Crippen molar-refractivity contribution in [3.05, 3.63) is 23.8 Å². The average molecular weight is 261 g/mol. The summed E-state index contributed by atoms with van der Waals surface area (Å²) in [5.74, 6) is 4.29. The second-order valence-electron chi connectivity index (χ2n) is 4.67. The zero-order chi connectivity index (χ0) is 14.1. The van der Waals surface area contributed by atoms with Gasteiger partial charge in [-0.2, -0.15) is 0 Å². The van der Waals surface area contributed by atoms with Crippen molar-refractivity contribution >= 4 is 0 Å². The summed E-state index contributed by atoms with van der Waals surface area (Å²) in [6.45, 7) is 5.66. The molecule has 0 amide bonds. The van der Waals surface area contributed by atoms with Gasteiger partial charge in [0.25, 0.3) is 0 Å². The summed E-state index contributed by atoms with van der Waals surface area (Å²) >= 11 is 0. The summed E-state index contributed by atoms with van der Waals surface area (Å²) in [7, 11) is 1.66. The summed E-state index contributed by atoms with van der Waals surface area (Å²) in [6, 6.07) is 6.35. The molecule has 1 rings (SSSR count). The minimum Gasteiger partial charge on any atom is -0.497 e. The lowest BCUT2D eigenvalue weighted by Crippen LogP contribution is -2.22. The molecule has 3 heteroatoms. The second kappa shape index (κ2) is 8.44. The summed E-state index contributed by atoms with van der Waals surface area (Å²) in [4.78, 5) is 0. The van der Waals surface area contributed by atoms with E-state index in [4.69, 9.17) is 15.9 Å². The molecule has 3 nitrogen and oxygen atoms in total. The Morgan fingerprint density at radius 1 is 1.37 bits per heavy atom. The fourth-order valence-electron chi connectivity index (χ4n) is 1.61. The SMILES string of the molecule is C#CCCCOc1cc(OC)ccc1CNC(C)C. The number of ether oxygens (including phenoxy) is 2. The third kappa shape index (κ3) is 5.67. The number of hydrogen-bond acceptors (Lipinski definition) is 3. The minimum absolute atomic E-state index is 0.441. The van der Waals surface area contributed by atoms with Crippen LogP contribution in [0, 0.1) is 12.3 Å². The number of hydrogen-bond donors (Lipinski definition) is 1. The van der Waals surface area contributed by atoms with Gasteiger partial charge in [-0.15, -0.1) is 12.3 Å². The van der Waals surface area contributed by atoms with Gasteiger partial charge in [0.15, 0.2) is 0 Å². The Morgan fingerprint density at radius 2 is 2.16 bits per heavy atom. The molecule has 0 spiro atoms. The predicted molar refractivity (Wildman–Crippen MR) is 78.5 cm³/mol. The minimum atomic E-state index is 0.441. The van der Waals surface area contributed by atoms with Gasteiger partial charge in [0, 0.05) is 30.6 Å². The van der Waals surface area contributed by atoms with Crippen LogP contribution in [0.5, 0.6) is 11.5 Å². The molecule has 104 valence electrons. The van der Waals surface area contributed by atoms with Gasteiger partial charge in [-0.3, -0.25) is 0 Å². The molecule has 0 fully saturated rings. The van der Waals surface area contributed by atoms with Crippen molar-refractivity contribution < 1.29 is 9.47 Å². The number of rotatable bonds is 8. The molecule has 0 aliphatic rings. The topological polar surface area (TPSA) is 30.5 Å². The van der Waals surface area contributed by atoms with Crippen LogP contribution >= 0.6 is 0 Å². The highest BCUT2D eigenvalue weighted by molar-refractivity contribution is 5.40. The fourth-order valence-corrected chi connectivity index (χ4v) is 1.61.